The van der Waals surface area contributed by atoms with E-state index in [1.807, 2.05) is 13.0 Å². The van der Waals surface area contributed by atoms with Crippen molar-refractivity contribution in [3.05, 3.63) is 101 Å². The van der Waals surface area contributed by atoms with Crippen molar-refractivity contribution >= 4 is 39.9 Å². The van der Waals surface area contributed by atoms with Crippen LogP contribution in [0.25, 0.3) is 0 Å². The number of hydrogen-bond donors (Lipinski definition) is 1. The first-order valence-electron chi connectivity index (χ1n) is 12.6. The number of ketones is 1. The summed E-state index contributed by atoms with van der Waals surface area (Å²) in [5.41, 5.74) is 2.85. The number of unbranched alkanes of at least 4 members (excludes halogenated alkanes) is 1. The number of carbonyl (C=O) groups is 2. The van der Waals surface area contributed by atoms with Crippen LogP contribution in [0, 0.1) is 6.92 Å². The molecule has 0 fully saturated rings. The van der Waals surface area contributed by atoms with Gasteiger partial charge in [0, 0.05) is 5.75 Å². The Morgan fingerprint density at radius 1 is 1.15 bits per heavy atom. The predicted octanol–water partition coefficient (Wildman–Crippen LogP) is 6.69. The van der Waals surface area contributed by atoms with Crippen LogP contribution in [0.1, 0.15) is 53.1 Å². The summed E-state index contributed by atoms with van der Waals surface area (Å²) in [6, 6.07) is 17.6. The van der Waals surface area contributed by atoms with Crippen molar-refractivity contribution in [3.63, 3.8) is 0 Å². The van der Waals surface area contributed by atoms with Crippen molar-refractivity contribution in [2.24, 2.45) is 0 Å². The Bertz CT molecular complexity index is 1500. The largest absolute Gasteiger partial charge is 0.503 e. The highest BCUT2D eigenvalue weighted by Crippen LogP contribution is 2.44. The van der Waals surface area contributed by atoms with Crippen LogP contribution in [0.5, 0.6) is 5.75 Å². The average molecular weight is 562 g/mol. The minimum atomic E-state index is -0.937. The van der Waals surface area contributed by atoms with Crippen molar-refractivity contribution < 1.29 is 23.8 Å². The SMILES string of the molecule is CCCCOc1cccc(C2C(C(=O)c3ccco3)=C(O)C(=O)N2c2nnc(SCc3ccc(C)cc3)s2)c1. The molecule has 0 aliphatic carbocycles. The number of Topliss-reactive ketones (excluding diaryl/α,β-unsaturated/α-hetero) is 1. The number of thioether (sulfide) groups is 1. The fourth-order valence-corrected chi connectivity index (χ4v) is 6.01. The van der Waals surface area contributed by atoms with Crippen LogP contribution < -0.4 is 9.64 Å². The lowest BCUT2D eigenvalue weighted by molar-refractivity contribution is -0.117. The van der Waals surface area contributed by atoms with Crippen molar-refractivity contribution in [1.82, 2.24) is 10.2 Å². The van der Waals surface area contributed by atoms with Crippen LogP contribution in [0.15, 0.2) is 87.0 Å². The summed E-state index contributed by atoms with van der Waals surface area (Å²) in [5, 5.41) is 19.8. The molecule has 3 heterocycles. The van der Waals surface area contributed by atoms with Crippen molar-refractivity contribution in [2.45, 2.75) is 42.8 Å². The molecule has 2 aromatic heterocycles. The smallest absolute Gasteiger partial charge is 0.296 e. The molecular formula is C29H27N3O5S2. The summed E-state index contributed by atoms with van der Waals surface area (Å²) in [4.78, 5) is 28.2. The Hall–Kier alpha value is -3.89. The van der Waals surface area contributed by atoms with Gasteiger partial charge in [0.2, 0.25) is 10.9 Å². The van der Waals surface area contributed by atoms with Gasteiger partial charge in [-0.2, -0.15) is 0 Å². The minimum absolute atomic E-state index is 0.0261. The number of aromatic nitrogens is 2. The van der Waals surface area contributed by atoms with Gasteiger partial charge in [0.15, 0.2) is 15.9 Å². The molecule has 4 aromatic rings. The van der Waals surface area contributed by atoms with Gasteiger partial charge in [-0.3, -0.25) is 14.5 Å². The molecule has 1 unspecified atom stereocenters. The lowest BCUT2D eigenvalue weighted by Crippen LogP contribution is -2.31. The minimum Gasteiger partial charge on any atom is -0.503 e. The standard InChI is InChI=1S/C29H27N3O5S2/c1-3-4-14-36-21-8-5-7-20(16-21)24-23(25(33)22-9-6-15-37-22)26(34)27(35)32(24)28-30-31-29(39-28)38-17-19-12-10-18(2)11-13-19/h5-13,15-16,24,34H,3-4,14,17H2,1-2H3. The summed E-state index contributed by atoms with van der Waals surface area (Å²) in [7, 11) is 0. The Labute approximate surface area is 234 Å². The first kappa shape index (κ1) is 26.7. The lowest BCUT2D eigenvalue weighted by Gasteiger charge is -2.24. The quantitative estimate of drug-likeness (QED) is 0.0934. The molecule has 0 spiro atoms. The Kier molecular flexibility index (Phi) is 8.13. The number of nitrogens with zero attached hydrogens (tertiary/aromatic N) is 3. The van der Waals surface area contributed by atoms with E-state index >= 15 is 0 Å². The molecule has 0 bridgehead atoms. The number of furan rings is 1. The van der Waals surface area contributed by atoms with Crippen LogP contribution in [0.2, 0.25) is 0 Å². The monoisotopic (exact) mass is 561 g/mol. The number of aliphatic hydroxyl groups is 1. The fraction of sp³-hybridized carbons (Fsp3) is 0.241. The predicted molar refractivity (Wildman–Crippen MR) is 150 cm³/mol. The third-order valence-corrected chi connectivity index (χ3v) is 8.35. The Morgan fingerprint density at radius 3 is 2.72 bits per heavy atom. The zero-order valence-corrected chi connectivity index (χ0v) is 23.1. The fourth-order valence-electron chi connectivity index (χ4n) is 4.19. The lowest BCUT2D eigenvalue weighted by atomic mass is 9.95. The Balaban J connectivity index is 1.47. The zero-order chi connectivity index (χ0) is 27.4. The summed E-state index contributed by atoms with van der Waals surface area (Å²) in [5.74, 6) is -0.612. The molecule has 1 aliphatic heterocycles. The number of aliphatic hydroxyl groups excluding tert-OH is 1. The van der Waals surface area contributed by atoms with Crippen LogP contribution >= 0.6 is 23.1 Å². The third kappa shape index (κ3) is 5.76. The van der Waals surface area contributed by atoms with Gasteiger partial charge in [-0.1, -0.05) is 78.4 Å². The van der Waals surface area contributed by atoms with Gasteiger partial charge in [0.05, 0.1) is 24.5 Å². The maximum absolute atomic E-state index is 13.5. The van der Waals surface area contributed by atoms with Crippen molar-refractivity contribution in [2.75, 3.05) is 11.5 Å². The van der Waals surface area contributed by atoms with Gasteiger partial charge in [-0.15, -0.1) is 10.2 Å². The molecule has 1 amide bonds. The zero-order valence-electron chi connectivity index (χ0n) is 21.5. The molecular weight excluding hydrogens is 534 g/mol. The number of rotatable bonds is 11. The van der Waals surface area contributed by atoms with Gasteiger partial charge in [-0.25, -0.2) is 0 Å². The first-order chi connectivity index (χ1) is 19.0. The van der Waals surface area contributed by atoms with Gasteiger partial charge in [0.25, 0.3) is 5.91 Å². The molecule has 8 nitrogen and oxygen atoms in total. The average Bonchev–Trinajstić information content (AvgIpc) is 3.69. The van der Waals surface area contributed by atoms with Crippen LogP contribution in [0.4, 0.5) is 5.13 Å². The highest BCUT2D eigenvalue weighted by Gasteiger charge is 2.46. The highest BCUT2D eigenvalue weighted by atomic mass is 32.2. The topological polar surface area (TPSA) is 106 Å². The molecule has 1 N–H and O–H groups in total. The summed E-state index contributed by atoms with van der Waals surface area (Å²) >= 11 is 2.74. The van der Waals surface area contributed by atoms with E-state index in [0.29, 0.717) is 28.0 Å². The third-order valence-electron chi connectivity index (χ3n) is 6.22. The molecule has 0 saturated carbocycles. The number of ether oxygens (including phenoxy) is 1. The number of carbonyl (C=O) groups excluding carboxylic acids is 2. The van der Waals surface area contributed by atoms with E-state index in [2.05, 4.69) is 41.4 Å². The number of hydrogen-bond acceptors (Lipinski definition) is 9. The second-order valence-corrected chi connectivity index (χ2v) is 11.2. The van der Waals surface area contributed by atoms with E-state index in [1.54, 1.807) is 24.3 Å². The van der Waals surface area contributed by atoms with Gasteiger partial charge in [-0.05, 0) is 48.7 Å². The maximum Gasteiger partial charge on any atom is 0.296 e. The van der Waals surface area contributed by atoms with Crippen LogP contribution in [-0.2, 0) is 10.5 Å². The van der Waals surface area contributed by atoms with E-state index in [0.717, 1.165) is 18.4 Å². The highest BCUT2D eigenvalue weighted by molar-refractivity contribution is 8.00. The number of benzene rings is 2. The van der Waals surface area contributed by atoms with Gasteiger partial charge < -0.3 is 14.3 Å². The molecule has 10 heteroatoms. The molecule has 39 heavy (non-hydrogen) atoms. The summed E-state index contributed by atoms with van der Waals surface area (Å²) < 4.78 is 11.9. The summed E-state index contributed by atoms with van der Waals surface area (Å²) in [6.07, 6.45) is 3.26. The number of aryl methyl sites for hydroxylation is 1. The molecule has 200 valence electrons. The van der Waals surface area contributed by atoms with Gasteiger partial charge in [0.1, 0.15) is 5.75 Å². The molecule has 1 atom stereocenters. The molecule has 2 aromatic carbocycles. The first-order valence-corrected chi connectivity index (χ1v) is 14.4. The van der Waals surface area contributed by atoms with Crippen molar-refractivity contribution in [1.29, 1.82) is 0 Å². The second-order valence-electron chi connectivity index (χ2n) is 9.05. The van der Waals surface area contributed by atoms with Crippen molar-refractivity contribution in [3.8, 4) is 5.75 Å². The van der Waals surface area contributed by atoms with Crippen LogP contribution in [-0.4, -0.2) is 33.6 Å². The number of anilines is 1. The molecule has 1 aliphatic rings. The molecule has 5 rings (SSSR count). The Morgan fingerprint density at radius 2 is 1.97 bits per heavy atom. The van der Waals surface area contributed by atoms with E-state index in [1.165, 1.54) is 45.9 Å². The normalized spacial score (nSPS) is 15.3. The molecule has 0 radical (unpaired) electrons. The van der Waals surface area contributed by atoms with E-state index < -0.39 is 23.5 Å². The molecule has 0 saturated heterocycles. The second kappa shape index (κ2) is 11.9. The van der Waals surface area contributed by atoms with E-state index in [-0.39, 0.29) is 16.5 Å². The van der Waals surface area contributed by atoms with Gasteiger partial charge >= 0.3 is 0 Å². The van der Waals surface area contributed by atoms with E-state index in [9.17, 15) is 14.7 Å². The summed E-state index contributed by atoms with van der Waals surface area (Å²) in [6.45, 7) is 4.67. The van der Waals surface area contributed by atoms with E-state index in [4.69, 9.17) is 9.15 Å². The maximum atomic E-state index is 13.5. The number of amides is 1. The van der Waals surface area contributed by atoms with Crippen LogP contribution in [0.3, 0.4) is 0 Å².